The number of rotatable bonds is 3. The van der Waals surface area contributed by atoms with E-state index in [-0.39, 0.29) is 0 Å². The van der Waals surface area contributed by atoms with Gasteiger partial charge in [0, 0.05) is 18.6 Å². The summed E-state index contributed by atoms with van der Waals surface area (Å²) in [7, 11) is 0. The van der Waals surface area contributed by atoms with Crippen LogP contribution in [0.25, 0.3) is 0 Å². The summed E-state index contributed by atoms with van der Waals surface area (Å²) < 4.78 is 0. The molecule has 18 heavy (non-hydrogen) atoms. The second-order valence-corrected chi connectivity index (χ2v) is 8.26. The molecule has 1 saturated heterocycles. The third-order valence-electron chi connectivity index (χ3n) is 6.42. The van der Waals surface area contributed by atoms with Crippen molar-refractivity contribution in [2.45, 2.75) is 57.4 Å². The first-order valence-corrected chi connectivity index (χ1v) is 8.11. The highest BCUT2D eigenvalue weighted by Gasteiger charge is 2.51. The van der Waals surface area contributed by atoms with Gasteiger partial charge in [-0.05, 0) is 81.6 Å². The SMILES string of the molecule is CC1(NCC23CC4CC(CC(C4)C2)C3)CCNC1. The molecule has 102 valence electrons. The third-order valence-corrected chi connectivity index (χ3v) is 6.42. The molecule has 0 radical (unpaired) electrons. The maximum atomic E-state index is 3.95. The molecule has 0 aromatic heterocycles. The van der Waals surface area contributed by atoms with Gasteiger partial charge in [-0.2, -0.15) is 0 Å². The number of nitrogens with one attached hydrogen (secondary N) is 2. The van der Waals surface area contributed by atoms with Gasteiger partial charge in [0.25, 0.3) is 0 Å². The van der Waals surface area contributed by atoms with Crippen LogP contribution in [0.15, 0.2) is 0 Å². The van der Waals surface area contributed by atoms with Crippen molar-refractivity contribution in [2.75, 3.05) is 19.6 Å². The molecule has 2 N–H and O–H groups in total. The lowest BCUT2D eigenvalue weighted by Crippen LogP contribution is -2.55. The molecular formula is C16H28N2. The minimum Gasteiger partial charge on any atom is -0.315 e. The van der Waals surface area contributed by atoms with E-state index < -0.39 is 0 Å². The Morgan fingerprint density at radius 3 is 2.17 bits per heavy atom. The first-order valence-electron chi connectivity index (χ1n) is 8.11. The van der Waals surface area contributed by atoms with E-state index >= 15 is 0 Å². The lowest BCUT2D eigenvalue weighted by molar-refractivity contribution is -0.0541. The second-order valence-electron chi connectivity index (χ2n) is 8.26. The molecule has 1 unspecified atom stereocenters. The minimum absolute atomic E-state index is 0.378. The van der Waals surface area contributed by atoms with Gasteiger partial charge in [-0.15, -0.1) is 0 Å². The largest absolute Gasteiger partial charge is 0.315 e. The van der Waals surface area contributed by atoms with Crippen LogP contribution in [0, 0.1) is 23.2 Å². The molecular weight excluding hydrogens is 220 g/mol. The van der Waals surface area contributed by atoms with Crippen LogP contribution in [0.4, 0.5) is 0 Å². The molecule has 2 nitrogen and oxygen atoms in total. The Kier molecular flexibility index (Phi) is 2.58. The van der Waals surface area contributed by atoms with Crippen LogP contribution in [0.5, 0.6) is 0 Å². The van der Waals surface area contributed by atoms with Gasteiger partial charge >= 0.3 is 0 Å². The van der Waals surface area contributed by atoms with E-state index in [4.69, 9.17) is 0 Å². The van der Waals surface area contributed by atoms with Crippen molar-refractivity contribution >= 4 is 0 Å². The van der Waals surface area contributed by atoms with Gasteiger partial charge in [-0.1, -0.05) is 0 Å². The zero-order valence-electron chi connectivity index (χ0n) is 11.8. The highest BCUT2D eigenvalue weighted by Crippen LogP contribution is 2.59. The van der Waals surface area contributed by atoms with Crippen molar-refractivity contribution in [3.8, 4) is 0 Å². The molecule has 5 fully saturated rings. The van der Waals surface area contributed by atoms with Gasteiger partial charge in [0.1, 0.15) is 0 Å². The van der Waals surface area contributed by atoms with E-state index in [2.05, 4.69) is 17.6 Å². The zero-order valence-corrected chi connectivity index (χ0v) is 11.8. The van der Waals surface area contributed by atoms with Crippen molar-refractivity contribution in [1.29, 1.82) is 0 Å². The molecule has 5 rings (SSSR count). The van der Waals surface area contributed by atoms with E-state index in [1.165, 1.54) is 45.3 Å². The Morgan fingerprint density at radius 2 is 1.67 bits per heavy atom. The van der Waals surface area contributed by atoms with Crippen molar-refractivity contribution in [3.63, 3.8) is 0 Å². The molecule has 1 heterocycles. The topological polar surface area (TPSA) is 24.1 Å². The third kappa shape index (κ3) is 1.92. The van der Waals surface area contributed by atoms with Gasteiger partial charge in [0.15, 0.2) is 0 Å². The van der Waals surface area contributed by atoms with Gasteiger partial charge < -0.3 is 10.6 Å². The fraction of sp³-hybridized carbons (Fsp3) is 1.00. The van der Waals surface area contributed by atoms with Crippen LogP contribution >= 0.6 is 0 Å². The van der Waals surface area contributed by atoms with E-state index in [9.17, 15) is 0 Å². The molecule has 4 bridgehead atoms. The van der Waals surface area contributed by atoms with Crippen molar-refractivity contribution in [2.24, 2.45) is 23.2 Å². The molecule has 0 spiro atoms. The summed E-state index contributed by atoms with van der Waals surface area (Å²) in [5.74, 6) is 3.27. The first kappa shape index (κ1) is 11.7. The summed E-state index contributed by atoms with van der Waals surface area (Å²) in [6.45, 7) is 6.08. The van der Waals surface area contributed by atoms with Gasteiger partial charge in [0.2, 0.25) is 0 Å². The number of hydrogen-bond donors (Lipinski definition) is 2. The summed E-state index contributed by atoms with van der Waals surface area (Å²) in [6, 6.07) is 0. The lowest BCUT2D eigenvalue weighted by atomic mass is 9.49. The number of hydrogen-bond acceptors (Lipinski definition) is 2. The quantitative estimate of drug-likeness (QED) is 0.802. The summed E-state index contributed by atoms with van der Waals surface area (Å²) in [4.78, 5) is 0. The summed E-state index contributed by atoms with van der Waals surface area (Å²) >= 11 is 0. The van der Waals surface area contributed by atoms with Crippen LogP contribution in [0.2, 0.25) is 0 Å². The molecule has 4 aliphatic carbocycles. The van der Waals surface area contributed by atoms with E-state index in [0.717, 1.165) is 17.8 Å². The van der Waals surface area contributed by atoms with Gasteiger partial charge in [-0.3, -0.25) is 0 Å². The van der Waals surface area contributed by atoms with Crippen LogP contribution in [0.1, 0.15) is 51.9 Å². The lowest BCUT2D eigenvalue weighted by Gasteiger charge is -2.57. The maximum absolute atomic E-state index is 3.95. The second kappa shape index (κ2) is 3.96. The van der Waals surface area contributed by atoms with Crippen LogP contribution in [-0.4, -0.2) is 25.2 Å². The summed E-state index contributed by atoms with van der Waals surface area (Å²) in [5.41, 5.74) is 1.07. The average Bonchev–Trinajstić information content (AvgIpc) is 2.73. The molecule has 0 aromatic carbocycles. The maximum Gasteiger partial charge on any atom is 0.0290 e. The predicted molar refractivity (Wildman–Crippen MR) is 74.5 cm³/mol. The first-order chi connectivity index (χ1) is 8.65. The standard InChI is InChI=1S/C16H28N2/c1-15(2-3-17-10-15)18-11-16-7-12-4-13(8-16)6-14(5-12)9-16/h12-14,17-18H,2-11H2,1H3. The van der Waals surface area contributed by atoms with Gasteiger partial charge in [0.05, 0.1) is 0 Å². The van der Waals surface area contributed by atoms with Crippen LogP contribution < -0.4 is 10.6 Å². The average molecular weight is 248 g/mol. The Labute approximate surface area is 111 Å². The zero-order chi connectivity index (χ0) is 12.2. The molecule has 2 heteroatoms. The van der Waals surface area contributed by atoms with Crippen molar-refractivity contribution in [1.82, 2.24) is 10.6 Å². The fourth-order valence-corrected chi connectivity index (χ4v) is 5.88. The minimum atomic E-state index is 0.378. The highest BCUT2D eigenvalue weighted by molar-refractivity contribution is 5.04. The molecule has 0 aromatic rings. The van der Waals surface area contributed by atoms with Gasteiger partial charge in [-0.25, -0.2) is 0 Å². The normalized spacial score (nSPS) is 54.2. The highest BCUT2D eigenvalue weighted by atomic mass is 15.1. The molecule has 1 atom stereocenters. The molecule has 1 aliphatic heterocycles. The van der Waals surface area contributed by atoms with E-state index in [1.807, 2.05) is 0 Å². The summed E-state index contributed by atoms with van der Waals surface area (Å²) in [6.07, 6.45) is 10.6. The monoisotopic (exact) mass is 248 g/mol. The van der Waals surface area contributed by atoms with E-state index in [0.29, 0.717) is 11.0 Å². The Balaban J connectivity index is 1.44. The Morgan fingerprint density at radius 1 is 1.06 bits per heavy atom. The molecule has 5 aliphatic rings. The molecule has 0 amide bonds. The van der Waals surface area contributed by atoms with E-state index in [1.54, 1.807) is 19.3 Å². The fourth-order valence-electron chi connectivity index (χ4n) is 5.88. The Hall–Kier alpha value is -0.0800. The van der Waals surface area contributed by atoms with Crippen LogP contribution in [0.3, 0.4) is 0 Å². The van der Waals surface area contributed by atoms with Crippen LogP contribution in [-0.2, 0) is 0 Å². The Bertz CT molecular complexity index is 295. The molecule has 4 saturated carbocycles. The predicted octanol–water partition coefficient (Wildman–Crippen LogP) is 2.54. The summed E-state index contributed by atoms with van der Waals surface area (Å²) in [5, 5.41) is 7.46. The smallest absolute Gasteiger partial charge is 0.0290 e. The van der Waals surface area contributed by atoms with Crippen molar-refractivity contribution < 1.29 is 0 Å². The van der Waals surface area contributed by atoms with Crippen molar-refractivity contribution in [3.05, 3.63) is 0 Å².